The van der Waals surface area contributed by atoms with E-state index in [1.807, 2.05) is 12.1 Å². The minimum absolute atomic E-state index is 0.368. The topological polar surface area (TPSA) is 42.4 Å². The number of carbonyl (C=O) groups is 1. The maximum absolute atomic E-state index is 12.4. The molecule has 5 heteroatoms. The van der Waals surface area contributed by atoms with Crippen molar-refractivity contribution in [1.29, 1.82) is 0 Å². The molecule has 0 unspecified atom stereocenters. The fourth-order valence-corrected chi connectivity index (χ4v) is 2.67. The van der Waals surface area contributed by atoms with E-state index < -0.39 is 0 Å². The third-order valence-electron chi connectivity index (χ3n) is 3.44. The largest absolute Gasteiger partial charge is 0.423 e. The summed E-state index contributed by atoms with van der Waals surface area (Å²) < 4.78 is 6.37. The van der Waals surface area contributed by atoms with Crippen molar-refractivity contribution in [2.45, 2.75) is 12.8 Å². The van der Waals surface area contributed by atoms with Crippen LogP contribution < -0.4 is 9.64 Å². The van der Waals surface area contributed by atoms with Crippen molar-refractivity contribution in [2.24, 2.45) is 0 Å². The molecule has 3 rings (SSSR count). The number of benzene rings is 1. The van der Waals surface area contributed by atoms with Crippen molar-refractivity contribution < 1.29 is 9.53 Å². The monoisotopic (exact) mass is 346 g/mol. The Morgan fingerprint density at radius 1 is 1.14 bits per heavy atom. The maximum atomic E-state index is 12.4. The average Bonchev–Trinajstić information content (AvgIpc) is 3.04. The molecule has 1 saturated heterocycles. The molecule has 1 aliphatic heterocycles. The predicted molar refractivity (Wildman–Crippen MR) is 84.8 cm³/mol. The first kappa shape index (κ1) is 14.1. The van der Waals surface area contributed by atoms with E-state index in [-0.39, 0.29) is 5.97 Å². The van der Waals surface area contributed by atoms with Gasteiger partial charge in [0.1, 0.15) is 17.1 Å². The molecule has 0 aliphatic carbocycles. The zero-order valence-corrected chi connectivity index (χ0v) is 13.0. The summed E-state index contributed by atoms with van der Waals surface area (Å²) >= 11 is 3.36. The summed E-state index contributed by atoms with van der Waals surface area (Å²) in [6, 6.07) is 10.7. The van der Waals surface area contributed by atoms with Crippen LogP contribution in [0.3, 0.4) is 0 Å². The van der Waals surface area contributed by atoms with E-state index in [4.69, 9.17) is 4.74 Å². The van der Waals surface area contributed by atoms with E-state index in [9.17, 15) is 4.79 Å². The highest BCUT2D eigenvalue weighted by molar-refractivity contribution is 9.10. The van der Waals surface area contributed by atoms with Crippen LogP contribution in [0.5, 0.6) is 5.75 Å². The lowest BCUT2D eigenvalue weighted by atomic mass is 10.2. The van der Waals surface area contributed by atoms with Gasteiger partial charge < -0.3 is 9.64 Å². The minimum atomic E-state index is -0.368. The normalized spacial score (nSPS) is 14.2. The fourth-order valence-electron chi connectivity index (χ4n) is 2.40. The summed E-state index contributed by atoms with van der Waals surface area (Å²) in [6.45, 7) is 1.88. The van der Waals surface area contributed by atoms with Crippen LogP contribution in [0.4, 0.5) is 5.82 Å². The van der Waals surface area contributed by atoms with Crippen molar-refractivity contribution >= 4 is 27.7 Å². The van der Waals surface area contributed by atoms with Gasteiger partial charge in [0.15, 0.2) is 0 Å². The molecular weight excluding hydrogens is 332 g/mol. The van der Waals surface area contributed by atoms with Gasteiger partial charge in [0.05, 0.1) is 0 Å². The molecule has 1 aromatic carbocycles. The molecule has 108 valence electrons. The molecule has 0 N–H and O–H groups in total. The first-order chi connectivity index (χ1) is 10.2. The van der Waals surface area contributed by atoms with Crippen molar-refractivity contribution in [2.75, 3.05) is 18.0 Å². The van der Waals surface area contributed by atoms with Crippen LogP contribution in [0, 0.1) is 0 Å². The minimum Gasteiger partial charge on any atom is -0.423 e. The summed E-state index contributed by atoms with van der Waals surface area (Å²) in [4.78, 5) is 18.9. The van der Waals surface area contributed by atoms with Crippen molar-refractivity contribution in [1.82, 2.24) is 4.98 Å². The SMILES string of the molecule is O=C(Oc1ccc(Br)cc1)c1cccnc1N1CCCC1. The summed E-state index contributed by atoms with van der Waals surface area (Å²) in [7, 11) is 0. The van der Waals surface area contributed by atoms with Crippen LogP contribution >= 0.6 is 15.9 Å². The van der Waals surface area contributed by atoms with Gasteiger partial charge in [0.25, 0.3) is 0 Å². The van der Waals surface area contributed by atoms with Crippen molar-refractivity contribution in [3.05, 3.63) is 52.6 Å². The van der Waals surface area contributed by atoms with Gasteiger partial charge in [0, 0.05) is 23.8 Å². The molecule has 2 heterocycles. The quantitative estimate of drug-likeness (QED) is 0.628. The first-order valence-corrected chi connectivity index (χ1v) is 7.71. The molecule has 0 bridgehead atoms. The Balaban J connectivity index is 1.82. The lowest BCUT2D eigenvalue weighted by Crippen LogP contribution is -2.23. The van der Waals surface area contributed by atoms with Gasteiger partial charge in [-0.25, -0.2) is 9.78 Å². The standard InChI is InChI=1S/C16H15BrN2O2/c17-12-5-7-13(8-6-12)21-16(20)14-4-3-9-18-15(14)19-10-1-2-11-19/h3-9H,1-2,10-11H2. The zero-order chi connectivity index (χ0) is 14.7. The molecular formula is C16H15BrN2O2. The highest BCUT2D eigenvalue weighted by atomic mass is 79.9. The van der Waals surface area contributed by atoms with E-state index in [0.717, 1.165) is 36.2 Å². The maximum Gasteiger partial charge on any atom is 0.347 e. The van der Waals surface area contributed by atoms with Crippen LogP contribution in [-0.4, -0.2) is 24.0 Å². The van der Waals surface area contributed by atoms with Crippen LogP contribution in [0.1, 0.15) is 23.2 Å². The van der Waals surface area contributed by atoms with Crippen LogP contribution in [0.2, 0.25) is 0 Å². The molecule has 4 nitrogen and oxygen atoms in total. The number of rotatable bonds is 3. The number of ether oxygens (including phenoxy) is 1. The third kappa shape index (κ3) is 3.24. The van der Waals surface area contributed by atoms with Gasteiger partial charge in [-0.2, -0.15) is 0 Å². The predicted octanol–water partition coefficient (Wildman–Crippen LogP) is 3.66. The van der Waals surface area contributed by atoms with Gasteiger partial charge in [0.2, 0.25) is 0 Å². The number of nitrogens with zero attached hydrogens (tertiary/aromatic N) is 2. The summed E-state index contributed by atoms with van der Waals surface area (Å²) in [5, 5.41) is 0. The van der Waals surface area contributed by atoms with E-state index >= 15 is 0 Å². The Morgan fingerprint density at radius 2 is 1.86 bits per heavy atom. The van der Waals surface area contributed by atoms with Gasteiger partial charge in [-0.15, -0.1) is 0 Å². The number of hydrogen-bond acceptors (Lipinski definition) is 4. The number of hydrogen-bond donors (Lipinski definition) is 0. The molecule has 1 aliphatic rings. The summed E-state index contributed by atoms with van der Waals surface area (Å²) in [6.07, 6.45) is 3.99. The van der Waals surface area contributed by atoms with Crippen molar-refractivity contribution in [3.63, 3.8) is 0 Å². The molecule has 0 radical (unpaired) electrons. The van der Waals surface area contributed by atoms with Crippen molar-refractivity contribution in [3.8, 4) is 5.75 Å². The number of aromatic nitrogens is 1. The van der Waals surface area contributed by atoms with Gasteiger partial charge in [-0.05, 0) is 49.2 Å². The Bertz CT molecular complexity index is 637. The summed E-state index contributed by atoms with van der Waals surface area (Å²) in [5.74, 6) is 0.879. The smallest absolute Gasteiger partial charge is 0.347 e. The average molecular weight is 347 g/mol. The van der Waals surface area contributed by atoms with Crippen LogP contribution in [-0.2, 0) is 0 Å². The molecule has 0 saturated carbocycles. The molecule has 0 atom stereocenters. The van der Waals surface area contributed by atoms with Gasteiger partial charge in [-0.3, -0.25) is 0 Å². The molecule has 21 heavy (non-hydrogen) atoms. The Hall–Kier alpha value is -1.88. The van der Waals surface area contributed by atoms with E-state index in [2.05, 4.69) is 25.8 Å². The fraction of sp³-hybridized carbons (Fsp3) is 0.250. The highest BCUT2D eigenvalue weighted by Gasteiger charge is 2.21. The van der Waals surface area contributed by atoms with E-state index in [0.29, 0.717) is 11.3 Å². The number of halogens is 1. The van der Waals surface area contributed by atoms with Crippen LogP contribution in [0.15, 0.2) is 47.1 Å². The molecule has 0 spiro atoms. The second-order valence-electron chi connectivity index (χ2n) is 4.91. The number of esters is 1. The first-order valence-electron chi connectivity index (χ1n) is 6.92. The van der Waals surface area contributed by atoms with Gasteiger partial charge in [-0.1, -0.05) is 15.9 Å². The van der Waals surface area contributed by atoms with E-state index in [1.165, 1.54) is 0 Å². The second-order valence-corrected chi connectivity index (χ2v) is 5.83. The number of carbonyl (C=O) groups excluding carboxylic acids is 1. The second kappa shape index (κ2) is 6.26. The Labute approximate surface area is 131 Å². The van der Waals surface area contributed by atoms with Gasteiger partial charge >= 0.3 is 5.97 Å². The Kier molecular flexibility index (Phi) is 4.20. The molecule has 2 aromatic rings. The molecule has 0 amide bonds. The summed E-state index contributed by atoms with van der Waals surface area (Å²) in [5.41, 5.74) is 0.516. The molecule has 1 aromatic heterocycles. The third-order valence-corrected chi connectivity index (χ3v) is 3.97. The lowest BCUT2D eigenvalue weighted by Gasteiger charge is -2.18. The number of anilines is 1. The number of pyridine rings is 1. The lowest BCUT2D eigenvalue weighted by molar-refractivity contribution is 0.0735. The highest BCUT2D eigenvalue weighted by Crippen LogP contribution is 2.24. The molecule has 1 fully saturated rings. The Morgan fingerprint density at radius 3 is 2.57 bits per heavy atom. The zero-order valence-electron chi connectivity index (χ0n) is 11.5. The van der Waals surface area contributed by atoms with E-state index in [1.54, 1.807) is 30.5 Å². The van der Waals surface area contributed by atoms with Crippen LogP contribution in [0.25, 0.3) is 0 Å².